The van der Waals surface area contributed by atoms with E-state index in [4.69, 9.17) is 23.0 Å². The second-order valence-electron chi connectivity index (χ2n) is 12.0. The molecule has 0 saturated heterocycles. The third-order valence-corrected chi connectivity index (χ3v) is 9.53. The summed E-state index contributed by atoms with van der Waals surface area (Å²) in [4.78, 5) is 132. The van der Waals surface area contributed by atoms with Gasteiger partial charge in [-0.1, -0.05) is 12.1 Å². The summed E-state index contributed by atoms with van der Waals surface area (Å²) in [5.41, 5.74) is -2.02. The van der Waals surface area contributed by atoms with Crippen LogP contribution in [0.5, 0.6) is 11.5 Å². The zero-order valence-electron chi connectivity index (χ0n) is 31.0. The van der Waals surface area contributed by atoms with Gasteiger partial charge in [0.05, 0.1) is 0 Å². The van der Waals surface area contributed by atoms with Crippen molar-refractivity contribution in [1.82, 2.24) is 16.0 Å². The number of carbonyl (C=O) groups is 6. The van der Waals surface area contributed by atoms with Crippen molar-refractivity contribution >= 4 is 93.4 Å². The highest BCUT2D eigenvalue weighted by molar-refractivity contribution is 7.98. The highest BCUT2D eigenvalue weighted by Crippen LogP contribution is 2.26. The Kier molecular flexibility index (Phi) is 17.3. The Bertz CT molecular complexity index is 2320. The molecular formula is C34H30N6O18S3. The van der Waals surface area contributed by atoms with Gasteiger partial charge in [-0.2, -0.15) is 0 Å². The second-order valence-corrected chi connectivity index (χ2v) is 14.2. The standard InChI is InChI=1S/C34H30N6O18S3/c1-15(41)35-19(14-61-40-53)34(50)56-16(10-54-22-4-2-6-24-28(22)20(42)8-26(57-24)30(44)36-17(32(46)47)12-59-38-51)11-55-23-5-3-7-25-29(23)21(43)9-27(58-25)31(45)37-18(33(48)49)13-60-39-52/h2-9,16-19H,10-14H2,1H3,(H,35,41)(H,36,44)(H,37,45)(H,46,47)(H,48,49). The average molecular weight is 907 g/mol. The number of aliphatic carboxylic acids is 2. The van der Waals surface area contributed by atoms with Crippen LogP contribution in [-0.4, -0.2) is 101 Å². The number of carboxylic acids is 2. The molecule has 2 heterocycles. The van der Waals surface area contributed by atoms with Crippen molar-refractivity contribution in [1.29, 1.82) is 0 Å². The van der Waals surface area contributed by atoms with E-state index in [1.54, 1.807) is 0 Å². The minimum Gasteiger partial charge on any atom is -0.489 e. The summed E-state index contributed by atoms with van der Waals surface area (Å²) in [5.74, 6) is -9.54. The Morgan fingerprint density at radius 1 is 0.656 bits per heavy atom. The van der Waals surface area contributed by atoms with Crippen molar-refractivity contribution in [2.45, 2.75) is 31.2 Å². The van der Waals surface area contributed by atoms with E-state index in [2.05, 4.69) is 29.7 Å². The van der Waals surface area contributed by atoms with Gasteiger partial charge in [0.25, 0.3) is 11.8 Å². The number of nitroso groups, excluding NO2 is 3. The molecule has 27 heteroatoms. The number of esters is 1. The number of hydrogen-bond acceptors (Lipinski definition) is 22. The second kappa shape index (κ2) is 22.5. The van der Waals surface area contributed by atoms with E-state index in [9.17, 15) is 63.3 Å². The number of nitrogens with zero attached hydrogens (tertiary/aromatic N) is 3. The third kappa shape index (κ3) is 13.1. The molecule has 0 radical (unpaired) electrons. The molecular weight excluding hydrogens is 877 g/mol. The number of carbonyl (C=O) groups excluding carboxylic acids is 4. The zero-order chi connectivity index (χ0) is 44.6. The number of ether oxygens (including phenoxy) is 3. The molecule has 0 aliphatic heterocycles. The average Bonchev–Trinajstić information content (AvgIpc) is 3.22. The van der Waals surface area contributed by atoms with Gasteiger partial charge in [0, 0.05) is 85.9 Å². The molecule has 4 aromatic rings. The predicted octanol–water partition coefficient (Wildman–Crippen LogP) is 2.38. The summed E-state index contributed by atoms with van der Waals surface area (Å²) in [7, 11) is 0. The molecule has 0 aliphatic rings. The topological polar surface area (TPSA) is 355 Å². The van der Waals surface area contributed by atoms with Crippen LogP contribution in [-0.2, 0) is 23.9 Å². The Morgan fingerprint density at radius 3 is 1.44 bits per heavy atom. The molecule has 3 atom stereocenters. The molecule has 24 nitrogen and oxygen atoms in total. The van der Waals surface area contributed by atoms with Crippen molar-refractivity contribution in [3.63, 3.8) is 0 Å². The van der Waals surface area contributed by atoms with E-state index in [-0.39, 0.29) is 39.2 Å². The van der Waals surface area contributed by atoms with Crippen molar-refractivity contribution < 1.29 is 62.0 Å². The lowest BCUT2D eigenvalue weighted by atomic mass is 10.2. The number of hydrogen-bond donors (Lipinski definition) is 5. The van der Waals surface area contributed by atoms with Crippen LogP contribution in [0.3, 0.4) is 0 Å². The van der Waals surface area contributed by atoms with Gasteiger partial charge in [-0.25, -0.2) is 14.4 Å². The molecule has 0 bridgehead atoms. The maximum atomic E-state index is 13.3. The van der Waals surface area contributed by atoms with Crippen molar-refractivity contribution in [2.24, 2.45) is 13.7 Å². The molecule has 0 fully saturated rings. The fourth-order valence-corrected chi connectivity index (χ4v) is 6.39. The molecule has 3 amide bonds. The van der Waals surface area contributed by atoms with Gasteiger partial charge >= 0.3 is 17.9 Å². The van der Waals surface area contributed by atoms with E-state index in [1.807, 2.05) is 0 Å². The van der Waals surface area contributed by atoms with E-state index in [0.717, 1.165) is 19.1 Å². The maximum absolute atomic E-state index is 13.3. The molecule has 2 aromatic heterocycles. The first-order valence-electron chi connectivity index (χ1n) is 16.9. The molecule has 2 aromatic carbocycles. The molecule has 0 aliphatic carbocycles. The van der Waals surface area contributed by atoms with Crippen LogP contribution in [0.1, 0.15) is 28.0 Å². The minimum atomic E-state index is -1.56. The molecule has 4 rings (SSSR count). The van der Waals surface area contributed by atoms with Gasteiger partial charge in [-0.3, -0.25) is 24.0 Å². The highest BCUT2D eigenvalue weighted by atomic mass is 32.2. The van der Waals surface area contributed by atoms with Gasteiger partial charge in [-0.05, 0) is 24.3 Å². The van der Waals surface area contributed by atoms with E-state index >= 15 is 0 Å². The lowest BCUT2D eigenvalue weighted by Gasteiger charge is -2.22. The van der Waals surface area contributed by atoms with Gasteiger partial charge in [0.2, 0.25) is 5.91 Å². The lowest BCUT2D eigenvalue weighted by Crippen LogP contribution is -2.45. The normalized spacial score (nSPS) is 12.8. The molecule has 0 spiro atoms. The maximum Gasteiger partial charge on any atom is 0.330 e. The summed E-state index contributed by atoms with van der Waals surface area (Å²) in [6, 6.07) is 5.02. The summed E-state index contributed by atoms with van der Waals surface area (Å²) in [6.07, 6.45) is -1.42. The van der Waals surface area contributed by atoms with Crippen molar-refractivity contribution in [3.8, 4) is 11.5 Å². The number of rotatable bonds is 24. The van der Waals surface area contributed by atoms with Crippen LogP contribution in [0.15, 0.2) is 80.7 Å². The monoisotopic (exact) mass is 906 g/mol. The Labute approximate surface area is 352 Å². The third-order valence-electron chi connectivity index (χ3n) is 7.76. The zero-order valence-corrected chi connectivity index (χ0v) is 33.4. The van der Waals surface area contributed by atoms with Crippen LogP contribution in [0.4, 0.5) is 0 Å². The minimum absolute atomic E-state index is 0.155. The molecule has 3 unspecified atom stereocenters. The van der Waals surface area contributed by atoms with Crippen LogP contribution >= 0.6 is 35.8 Å². The largest absolute Gasteiger partial charge is 0.489 e. The van der Waals surface area contributed by atoms with Crippen LogP contribution in [0.2, 0.25) is 0 Å². The smallest absolute Gasteiger partial charge is 0.330 e. The van der Waals surface area contributed by atoms with E-state index < -0.39 is 107 Å². The van der Waals surface area contributed by atoms with Gasteiger partial charge in [-0.15, -0.1) is 14.7 Å². The predicted molar refractivity (Wildman–Crippen MR) is 216 cm³/mol. The SMILES string of the molecule is CC(=O)NC(CSN=O)C(=O)OC(COc1cccc2oc(C(=O)NC(CSN=O)C(=O)O)cc(=O)c12)COc1cccc2oc(C(=O)NC(CSN=O)C(=O)O)cc(=O)c12. The fraction of sp³-hybridized carbons (Fsp3) is 0.294. The first-order valence-corrected chi connectivity index (χ1v) is 19.8. The fourth-order valence-electron chi connectivity index (χ4n) is 5.09. The van der Waals surface area contributed by atoms with Gasteiger partial charge in [0.15, 0.2) is 28.5 Å². The summed E-state index contributed by atoms with van der Waals surface area (Å²) in [5, 5.41) is 24.9. The Balaban J connectivity index is 1.62. The summed E-state index contributed by atoms with van der Waals surface area (Å²) in [6.45, 7) is -0.0736. The van der Waals surface area contributed by atoms with E-state index in [0.29, 0.717) is 35.8 Å². The molecule has 0 saturated carbocycles. The van der Waals surface area contributed by atoms with E-state index in [1.165, 1.54) is 36.4 Å². The van der Waals surface area contributed by atoms with Gasteiger partial charge < -0.3 is 49.2 Å². The highest BCUT2D eigenvalue weighted by Gasteiger charge is 2.28. The van der Waals surface area contributed by atoms with Gasteiger partial charge in [0.1, 0.15) is 64.8 Å². The van der Waals surface area contributed by atoms with Crippen molar-refractivity contribution in [3.05, 3.63) is 95.2 Å². The van der Waals surface area contributed by atoms with Crippen LogP contribution in [0.25, 0.3) is 21.9 Å². The summed E-state index contributed by atoms with van der Waals surface area (Å²) < 4.78 is 36.1. The van der Waals surface area contributed by atoms with Crippen molar-refractivity contribution in [2.75, 3.05) is 30.5 Å². The number of fused-ring (bicyclic) bond motifs is 2. The Hall–Kier alpha value is -6.87. The summed E-state index contributed by atoms with van der Waals surface area (Å²) >= 11 is 1.11. The van der Waals surface area contributed by atoms with Crippen LogP contribution in [0, 0.1) is 14.7 Å². The lowest BCUT2D eigenvalue weighted by molar-refractivity contribution is -0.155. The molecule has 5 N–H and O–H groups in total. The molecule has 61 heavy (non-hydrogen) atoms. The van der Waals surface area contributed by atoms with Crippen LogP contribution < -0.4 is 36.3 Å². The number of carboxylic acid groups (broad SMARTS) is 2. The first-order chi connectivity index (χ1) is 29.2. The molecule has 322 valence electrons. The number of nitrogens with one attached hydrogen (secondary N) is 3. The first kappa shape index (κ1) is 46.8. The number of amides is 3. The Morgan fingerprint density at radius 2 is 1.07 bits per heavy atom. The quantitative estimate of drug-likeness (QED) is 0.0383. The number of benzene rings is 2.